The van der Waals surface area contributed by atoms with E-state index in [1.54, 1.807) is 0 Å². The molecule has 0 aliphatic heterocycles. The molecule has 2 aliphatic rings. The Bertz CT molecular complexity index is 303. The molecule has 0 amide bonds. The predicted molar refractivity (Wildman–Crippen MR) is 46.5 cm³/mol. The van der Waals surface area contributed by atoms with Crippen molar-refractivity contribution >= 4 is 11.9 Å². The molecule has 2 aliphatic carbocycles. The van der Waals surface area contributed by atoms with E-state index in [4.69, 9.17) is 15.9 Å². The van der Waals surface area contributed by atoms with E-state index in [0.29, 0.717) is 6.42 Å². The lowest BCUT2D eigenvalue weighted by Crippen LogP contribution is -2.60. The molecule has 0 radical (unpaired) electrons. The van der Waals surface area contributed by atoms with Crippen molar-refractivity contribution < 1.29 is 19.8 Å². The highest BCUT2D eigenvalue weighted by molar-refractivity contribution is 5.88. The Balaban J connectivity index is 2.39. The van der Waals surface area contributed by atoms with E-state index < -0.39 is 23.4 Å². The van der Waals surface area contributed by atoms with Gasteiger partial charge in [0.25, 0.3) is 0 Å². The van der Waals surface area contributed by atoms with Gasteiger partial charge in [0.15, 0.2) is 0 Å². The van der Waals surface area contributed by atoms with Gasteiger partial charge in [-0.05, 0) is 31.1 Å². The zero-order chi connectivity index (χ0) is 10.5. The molecule has 0 spiro atoms. The Morgan fingerprint density at radius 2 is 1.93 bits per heavy atom. The highest BCUT2D eigenvalue weighted by Crippen LogP contribution is 2.53. The average molecular weight is 199 g/mol. The van der Waals surface area contributed by atoms with E-state index in [1.807, 2.05) is 0 Å². The summed E-state index contributed by atoms with van der Waals surface area (Å²) in [5, 5.41) is 18.0. The highest BCUT2D eigenvalue weighted by atomic mass is 16.4. The van der Waals surface area contributed by atoms with Crippen molar-refractivity contribution in [3.63, 3.8) is 0 Å². The molecule has 0 saturated heterocycles. The van der Waals surface area contributed by atoms with Gasteiger partial charge in [0.2, 0.25) is 0 Å². The number of nitrogens with two attached hydrogens (primary N) is 1. The largest absolute Gasteiger partial charge is 0.481 e. The fourth-order valence-electron chi connectivity index (χ4n) is 3.11. The Labute approximate surface area is 80.9 Å². The smallest absolute Gasteiger partial charge is 0.324 e. The van der Waals surface area contributed by atoms with Crippen molar-refractivity contribution in [3.8, 4) is 0 Å². The van der Waals surface area contributed by atoms with Crippen molar-refractivity contribution in [3.05, 3.63) is 0 Å². The zero-order valence-corrected chi connectivity index (χ0v) is 7.64. The minimum atomic E-state index is -1.53. The maximum atomic E-state index is 11.0. The van der Waals surface area contributed by atoms with E-state index in [-0.39, 0.29) is 11.8 Å². The lowest BCUT2D eigenvalue weighted by Gasteiger charge is -2.34. The SMILES string of the molecule is NC1(C(=O)O)C(C(=O)O)C2CC[C@H]1C2. The van der Waals surface area contributed by atoms with Gasteiger partial charge in [-0.25, -0.2) is 0 Å². The van der Waals surface area contributed by atoms with Crippen LogP contribution in [0.15, 0.2) is 0 Å². The van der Waals surface area contributed by atoms with Crippen molar-refractivity contribution in [1.82, 2.24) is 0 Å². The third-order valence-corrected chi connectivity index (χ3v) is 3.77. The van der Waals surface area contributed by atoms with E-state index in [9.17, 15) is 9.59 Å². The van der Waals surface area contributed by atoms with Crippen molar-refractivity contribution in [1.29, 1.82) is 0 Å². The maximum Gasteiger partial charge on any atom is 0.324 e. The first-order chi connectivity index (χ1) is 6.48. The highest BCUT2D eigenvalue weighted by Gasteiger charge is 2.63. The summed E-state index contributed by atoms with van der Waals surface area (Å²) >= 11 is 0. The van der Waals surface area contributed by atoms with Crippen LogP contribution in [0.2, 0.25) is 0 Å². The maximum absolute atomic E-state index is 11.0. The summed E-state index contributed by atoms with van der Waals surface area (Å²) in [4.78, 5) is 22.0. The molecule has 3 unspecified atom stereocenters. The third-order valence-electron chi connectivity index (χ3n) is 3.77. The number of hydrogen-bond donors (Lipinski definition) is 3. The van der Waals surface area contributed by atoms with Crippen LogP contribution in [0.4, 0.5) is 0 Å². The molecule has 5 nitrogen and oxygen atoms in total. The van der Waals surface area contributed by atoms with Gasteiger partial charge in [-0.3, -0.25) is 9.59 Å². The summed E-state index contributed by atoms with van der Waals surface area (Å²) in [5.74, 6) is -3.34. The normalized spacial score (nSPS) is 45.4. The quantitative estimate of drug-likeness (QED) is 0.576. The summed E-state index contributed by atoms with van der Waals surface area (Å²) in [5.41, 5.74) is 4.22. The average Bonchev–Trinajstić information content (AvgIpc) is 2.61. The van der Waals surface area contributed by atoms with Crippen LogP contribution in [0, 0.1) is 17.8 Å². The first kappa shape index (κ1) is 9.45. The predicted octanol–water partition coefficient (Wildman–Crippen LogP) is -0.101. The Morgan fingerprint density at radius 1 is 1.29 bits per heavy atom. The summed E-state index contributed by atoms with van der Waals surface area (Å²) in [6, 6.07) is 0. The van der Waals surface area contributed by atoms with Crippen LogP contribution in [-0.2, 0) is 9.59 Å². The van der Waals surface area contributed by atoms with E-state index in [0.717, 1.165) is 12.8 Å². The van der Waals surface area contributed by atoms with Crippen LogP contribution < -0.4 is 5.73 Å². The Kier molecular flexibility index (Phi) is 1.82. The van der Waals surface area contributed by atoms with Gasteiger partial charge < -0.3 is 15.9 Å². The number of carboxylic acid groups (broad SMARTS) is 2. The number of aliphatic carboxylic acids is 2. The van der Waals surface area contributed by atoms with Gasteiger partial charge >= 0.3 is 11.9 Å². The molecule has 2 fully saturated rings. The minimum absolute atomic E-state index is 0.0430. The Hall–Kier alpha value is -1.10. The second kappa shape index (κ2) is 2.70. The lowest BCUT2D eigenvalue weighted by molar-refractivity contribution is -0.158. The van der Waals surface area contributed by atoms with Crippen LogP contribution >= 0.6 is 0 Å². The van der Waals surface area contributed by atoms with Gasteiger partial charge in [0.1, 0.15) is 5.54 Å². The van der Waals surface area contributed by atoms with Gasteiger partial charge in [0.05, 0.1) is 5.92 Å². The van der Waals surface area contributed by atoms with Gasteiger partial charge in [0, 0.05) is 0 Å². The molecule has 2 saturated carbocycles. The van der Waals surface area contributed by atoms with Crippen LogP contribution in [-0.4, -0.2) is 27.7 Å². The molecule has 2 bridgehead atoms. The lowest BCUT2D eigenvalue weighted by atomic mass is 9.73. The second-order valence-electron chi connectivity index (χ2n) is 4.32. The van der Waals surface area contributed by atoms with Crippen molar-refractivity contribution in [2.45, 2.75) is 24.8 Å². The summed E-state index contributed by atoms with van der Waals surface area (Å²) in [7, 11) is 0. The van der Waals surface area contributed by atoms with E-state index >= 15 is 0 Å². The summed E-state index contributed by atoms with van der Waals surface area (Å²) < 4.78 is 0. The molecule has 2 rings (SSSR count). The van der Waals surface area contributed by atoms with Crippen LogP contribution in [0.25, 0.3) is 0 Å². The van der Waals surface area contributed by atoms with Crippen molar-refractivity contribution in [2.75, 3.05) is 0 Å². The minimum Gasteiger partial charge on any atom is -0.481 e. The van der Waals surface area contributed by atoms with Crippen LogP contribution in [0.1, 0.15) is 19.3 Å². The molecule has 0 aromatic rings. The molecule has 0 aromatic carbocycles. The van der Waals surface area contributed by atoms with Gasteiger partial charge in [-0.2, -0.15) is 0 Å². The van der Waals surface area contributed by atoms with E-state index in [1.165, 1.54) is 0 Å². The number of carbonyl (C=O) groups is 2. The summed E-state index contributed by atoms with van der Waals surface area (Å²) in [6.07, 6.45) is 2.20. The molecule has 5 heteroatoms. The number of carboxylic acids is 2. The molecular weight excluding hydrogens is 186 g/mol. The number of fused-ring (bicyclic) bond motifs is 2. The standard InChI is InChI=1S/C9H13NO4/c10-9(8(13)14)5-2-1-4(3-5)6(9)7(11)12/h4-6H,1-3,10H2,(H,11,12)(H,13,14)/t4?,5-,6?,9?/m0/s1. The van der Waals surface area contributed by atoms with Crippen molar-refractivity contribution in [2.24, 2.45) is 23.5 Å². The molecule has 78 valence electrons. The topological polar surface area (TPSA) is 101 Å². The van der Waals surface area contributed by atoms with Crippen LogP contribution in [0.3, 0.4) is 0 Å². The fourth-order valence-corrected chi connectivity index (χ4v) is 3.11. The third kappa shape index (κ3) is 0.930. The number of hydrogen-bond acceptors (Lipinski definition) is 3. The molecule has 0 aromatic heterocycles. The molecular formula is C9H13NO4. The van der Waals surface area contributed by atoms with Gasteiger partial charge in [-0.1, -0.05) is 0 Å². The zero-order valence-electron chi connectivity index (χ0n) is 7.64. The Morgan fingerprint density at radius 3 is 2.36 bits per heavy atom. The molecule has 4 N–H and O–H groups in total. The molecule has 0 heterocycles. The summed E-state index contributed by atoms with van der Waals surface area (Å²) in [6.45, 7) is 0. The monoisotopic (exact) mass is 199 g/mol. The second-order valence-corrected chi connectivity index (χ2v) is 4.32. The molecule has 4 atom stereocenters. The van der Waals surface area contributed by atoms with Crippen LogP contribution in [0.5, 0.6) is 0 Å². The number of rotatable bonds is 2. The molecule has 14 heavy (non-hydrogen) atoms. The first-order valence-corrected chi connectivity index (χ1v) is 4.73. The fraction of sp³-hybridized carbons (Fsp3) is 0.778. The van der Waals surface area contributed by atoms with Gasteiger partial charge in [-0.15, -0.1) is 0 Å². The van der Waals surface area contributed by atoms with E-state index in [2.05, 4.69) is 0 Å². The first-order valence-electron chi connectivity index (χ1n) is 4.73.